The predicted molar refractivity (Wildman–Crippen MR) is 107 cm³/mol. The van der Waals surface area contributed by atoms with E-state index in [1.807, 2.05) is 11.1 Å². The Balaban J connectivity index is 1.54. The van der Waals surface area contributed by atoms with Gasteiger partial charge in [-0.1, -0.05) is 52.3 Å². The third-order valence-corrected chi connectivity index (χ3v) is 5.86. The molecule has 0 N–H and O–H groups in total. The third kappa shape index (κ3) is 2.57. The fourth-order valence-corrected chi connectivity index (χ4v) is 4.97. The number of rotatable bonds is 1. The molecule has 2 aliphatic rings. The topological polar surface area (TPSA) is 24.8 Å². The van der Waals surface area contributed by atoms with E-state index in [4.69, 9.17) is 9.84 Å². The fraction of sp³-hybridized carbons (Fsp3) is 0.150. The van der Waals surface area contributed by atoms with Crippen LogP contribution < -0.4 is 4.74 Å². The van der Waals surface area contributed by atoms with E-state index in [0.29, 0.717) is 6.73 Å². The van der Waals surface area contributed by atoms with E-state index in [0.717, 1.165) is 26.8 Å². The van der Waals surface area contributed by atoms with Gasteiger partial charge in [-0.3, -0.25) is 5.01 Å². The summed E-state index contributed by atoms with van der Waals surface area (Å²) >= 11 is 7.19. The molecule has 0 amide bonds. The number of hydrogen-bond donors (Lipinski definition) is 0. The molecule has 0 aromatic heterocycles. The lowest BCUT2D eigenvalue weighted by atomic mass is 9.96. The van der Waals surface area contributed by atoms with Crippen LogP contribution in [0, 0.1) is 0 Å². The highest BCUT2D eigenvalue weighted by atomic mass is 79.9. The van der Waals surface area contributed by atoms with Crippen molar-refractivity contribution < 1.29 is 4.74 Å². The van der Waals surface area contributed by atoms with Gasteiger partial charge in [0.2, 0.25) is 0 Å². The maximum absolute atomic E-state index is 5.93. The standard InChI is InChI=1S/C20H14Br2N2O/c21-15-8-16-19-10-18(23-24(19)11-25-20(16)17(22)9-15)14-6-5-12-3-1-2-4-13(12)7-14/h1-9,19H,10-11H2. The van der Waals surface area contributed by atoms with Crippen molar-refractivity contribution >= 4 is 48.3 Å². The van der Waals surface area contributed by atoms with Gasteiger partial charge in [-0.05, 0) is 50.5 Å². The number of nitrogens with zero attached hydrogens (tertiary/aromatic N) is 2. The monoisotopic (exact) mass is 456 g/mol. The summed E-state index contributed by atoms with van der Waals surface area (Å²) in [6, 6.07) is 19.4. The van der Waals surface area contributed by atoms with E-state index >= 15 is 0 Å². The lowest BCUT2D eigenvalue weighted by Crippen LogP contribution is -2.29. The van der Waals surface area contributed by atoms with Gasteiger partial charge in [0, 0.05) is 16.5 Å². The van der Waals surface area contributed by atoms with E-state index in [9.17, 15) is 0 Å². The minimum Gasteiger partial charge on any atom is -0.470 e. The maximum Gasteiger partial charge on any atom is 0.177 e. The molecule has 0 spiro atoms. The van der Waals surface area contributed by atoms with Gasteiger partial charge in [0.25, 0.3) is 0 Å². The van der Waals surface area contributed by atoms with Gasteiger partial charge < -0.3 is 4.74 Å². The van der Waals surface area contributed by atoms with Crippen LogP contribution in [-0.2, 0) is 0 Å². The first-order valence-electron chi connectivity index (χ1n) is 8.14. The van der Waals surface area contributed by atoms with Crippen molar-refractivity contribution in [2.75, 3.05) is 6.73 Å². The van der Waals surface area contributed by atoms with Gasteiger partial charge in [0.1, 0.15) is 5.75 Å². The Labute approximate surface area is 162 Å². The van der Waals surface area contributed by atoms with Crippen LogP contribution >= 0.6 is 31.9 Å². The molecule has 25 heavy (non-hydrogen) atoms. The van der Waals surface area contributed by atoms with Crippen LogP contribution in [0.4, 0.5) is 0 Å². The van der Waals surface area contributed by atoms with E-state index < -0.39 is 0 Å². The van der Waals surface area contributed by atoms with Crippen molar-refractivity contribution in [2.45, 2.75) is 12.5 Å². The van der Waals surface area contributed by atoms with Crippen molar-refractivity contribution in [3.8, 4) is 5.75 Å². The number of halogens is 2. The second-order valence-corrected chi connectivity index (χ2v) is 8.12. The van der Waals surface area contributed by atoms with E-state index in [1.165, 1.54) is 21.9 Å². The smallest absolute Gasteiger partial charge is 0.177 e. The summed E-state index contributed by atoms with van der Waals surface area (Å²) in [5.74, 6) is 0.930. The first-order valence-corrected chi connectivity index (χ1v) is 9.73. The number of benzene rings is 3. The van der Waals surface area contributed by atoms with Crippen molar-refractivity contribution in [3.05, 3.63) is 74.7 Å². The van der Waals surface area contributed by atoms with Gasteiger partial charge in [-0.25, -0.2) is 0 Å². The summed E-state index contributed by atoms with van der Waals surface area (Å²) < 4.78 is 7.96. The molecular formula is C20H14Br2N2O. The molecule has 3 aromatic rings. The molecule has 1 unspecified atom stereocenters. The van der Waals surface area contributed by atoms with Gasteiger partial charge in [0.05, 0.1) is 16.2 Å². The highest BCUT2D eigenvalue weighted by molar-refractivity contribution is 9.11. The number of fused-ring (bicyclic) bond motifs is 4. The predicted octanol–water partition coefficient (Wildman–Crippen LogP) is 5.87. The van der Waals surface area contributed by atoms with Gasteiger partial charge >= 0.3 is 0 Å². The zero-order valence-corrected chi connectivity index (χ0v) is 16.4. The van der Waals surface area contributed by atoms with E-state index in [1.54, 1.807) is 0 Å². The first kappa shape index (κ1) is 15.4. The number of hydrogen-bond acceptors (Lipinski definition) is 3. The molecule has 0 fully saturated rings. The quantitative estimate of drug-likeness (QED) is 0.456. The van der Waals surface area contributed by atoms with Crippen molar-refractivity contribution in [1.82, 2.24) is 5.01 Å². The highest BCUT2D eigenvalue weighted by Crippen LogP contribution is 2.45. The molecule has 124 valence electrons. The van der Waals surface area contributed by atoms with Gasteiger partial charge in [-0.15, -0.1) is 0 Å². The average Bonchev–Trinajstić information content (AvgIpc) is 3.06. The highest BCUT2D eigenvalue weighted by Gasteiger charge is 2.35. The van der Waals surface area contributed by atoms with E-state index in [2.05, 4.69) is 80.4 Å². The van der Waals surface area contributed by atoms with Gasteiger partial charge in [0.15, 0.2) is 6.73 Å². The summed E-state index contributed by atoms with van der Waals surface area (Å²) in [5, 5.41) is 9.39. The Kier molecular flexibility index (Phi) is 3.61. The Morgan fingerprint density at radius 1 is 1.00 bits per heavy atom. The van der Waals surface area contributed by atoms with Crippen LogP contribution in [0.2, 0.25) is 0 Å². The van der Waals surface area contributed by atoms with Crippen LogP contribution in [0.5, 0.6) is 5.75 Å². The summed E-state index contributed by atoms with van der Waals surface area (Å²) in [5.41, 5.74) is 3.47. The SMILES string of the molecule is Brc1cc(Br)c2c(c1)C1CC(c3ccc4ccccc4c3)=NN1CO2. The zero-order valence-electron chi connectivity index (χ0n) is 13.2. The van der Waals surface area contributed by atoms with Crippen molar-refractivity contribution in [1.29, 1.82) is 0 Å². The van der Waals surface area contributed by atoms with Crippen LogP contribution in [-0.4, -0.2) is 17.5 Å². The first-order chi connectivity index (χ1) is 12.2. The molecule has 2 aliphatic heterocycles. The maximum atomic E-state index is 5.93. The number of ether oxygens (including phenoxy) is 1. The Morgan fingerprint density at radius 2 is 1.84 bits per heavy atom. The Morgan fingerprint density at radius 3 is 2.72 bits per heavy atom. The second kappa shape index (κ2) is 5.85. The molecule has 3 aromatic carbocycles. The van der Waals surface area contributed by atoms with E-state index in [-0.39, 0.29) is 6.04 Å². The molecule has 3 nitrogen and oxygen atoms in total. The van der Waals surface area contributed by atoms with Crippen molar-refractivity contribution in [3.63, 3.8) is 0 Å². The van der Waals surface area contributed by atoms with Crippen LogP contribution in [0.15, 0.2) is 68.6 Å². The molecule has 0 saturated heterocycles. The summed E-state index contributed by atoms with van der Waals surface area (Å²) in [6.45, 7) is 0.481. The minimum absolute atomic E-state index is 0.221. The summed E-state index contributed by atoms with van der Waals surface area (Å²) in [6.07, 6.45) is 0.887. The fourth-order valence-electron chi connectivity index (χ4n) is 3.60. The minimum atomic E-state index is 0.221. The lowest BCUT2D eigenvalue weighted by Gasteiger charge is -2.31. The van der Waals surface area contributed by atoms with Crippen LogP contribution in [0.25, 0.3) is 10.8 Å². The largest absolute Gasteiger partial charge is 0.470 e. The van der Waals surface area contributed by atoms with Gasteiger partial charge in [-0.2, -0.15) is 5.10 Å². The molecule has 1 atom stereocenters. The zero-order chi connectivity index (χ0) is 17.0. The normalized spacial score (nSPS) is 18.6. The molecule has 0 saturated carbocycles. The second-order valence-electron chi connectivity index (χ2n) is 6.35. The van der Waals surface area contributed by atoms with Crippen LogP contribution in [0.3, 0.4) is 0 Å². The van der Waals surface area contributed by atoms with Crippen molar-refractivity contribution in [2.24, 2.45) is 5.10 Å². The molecular weight excluding hydrogens is 444 g/mol. The average molecular weight is 458 g/mol. The Hall–Kier alpha value is -1.85. The molecule has 5 heteroatoms. The molecule has 2 heterocycles. The summed E-state index contributed by atoms with van der Waals surface area (Å²) in [4.78, 5) is 0. The molecule has 0 radical (unpaired) electrons. The number of hydrazone groups is 1. The van der Waals surface area contributed by atoms with Crippen LogP contribution in [0.1, 0.15) is 23.6 Å². The molecule has 5 rings (SSSR count). The third-order valence-electron chi connectivity index (χ3n) is 4.82. The Bertz CT molecular complexity index is 1030. The molecule has 0 aliphatic carbocycles. The summed E-state index contributed by atoms with van der Waals surface area (Å²) in [7, 11) is 0. The lowest BCUT2D eigenvalue weighted by molar-refractivity contribution is 0.0741. The molecule has 0 bridgehead atoms.